The fourth-order valence-corrected chi connectivity index (χ4v) is 1.34. The highest BCUT2D eigenvalue weighted by Gasteiger charge is 2.15. The molecule has 1 aromatic carbocycles. The third kappa shape index (κ3) is 4.14. The average Bonchev–Trinajstić information content (AvgIpc) is 2.29. The molecule has 0 heterocycles. The van der Waals surface area contributed by atoms with Crippen LogP contribution in [0.25, 0.3) is 0 Å². The monoisotopic (exact) mass is 236 g/mol. The van der Waals surface area contributed by atoms with Gasteiger partial charge in [0, 0.05) is 12.7 Å². The van der Waals surface area contributed by atoms with Crippen LogP contribution in [0.2, 0.25) is 0 Å². The summed E-state index contributed by atoms with van der Waals surface area (Å²) in [5, 5.41) is 11.1. The number of para-hydroxylation sites is 1. The zero-order valence-corrected chi connectivity index (χ0v) is 9.88. The van der Waals surface area contributed by atoms with E-state index in [0.29, 0.717) is 0 Å². The molecule has 0 radical (unpaired) electrons. The molecule has 1 unspecified atom stereocenters. The van der Waals surface area contributed by atoms with Gasteiger partial charge in [-0.05, 0) is 19.1 Å². The first-order valence-electron chi connectivity index (χ1n) is 5.29. The number of nitrogens with one attached hydrogen (secondary N) is 1. The Kier molecular flexibility index (Phi) is 4.51. The number of amides is 1. The molecule has 0 aromatic heterocycles. The Balaban J connectivity index is 2.49. The molecular weight excluding hydrogens is 220 g/mol. The van der Waals surface area contributed by atoms with Gasteiger partial charge in [0.2, 0.25) is 5.91 Å². The van der Waals surface area contributed by atoms with Gasteiger partial charge in [-0.3, -0.25) is 9.59 Å². The van der Waals surface area contributed by atoms with Crippen LogP contribution in [0.5, 0.6) is 0 Å². The number of likely N-dealkylation sites (N-methyl/N-ethyl adjacent to an activating group) is 1. The molecule has 0 aliphatic heterocycles. The molecule has 5 heteroatoms. The van der Waals surface area contributed by atoms with Crippen molar-refractivity contribution in [2.75, 3.05) is 18.5 Å². The van der Waals surface area contributed by atoms with Gasteiger partial charge in [0.05, 0.1) is 6.54 Å². The van der Waals surface area contributed by atoms with Crippen LogP contribution in [0.1, 0.15) is 6.92 Å². The molecule has 92 valence electrons. The highest BCUT2D eigenvalue weighted by Crippen LogP contribution is 2.09. The van der Waals surface area contributed by atoms with Gasteiger partial charge in [0.1, 0.15) is 6.04 Å². The Bertz CT molecular complexity index is 392. The predicted octanol–water partition coefficient (Wildman–Crippen LogP) is 0.712. The quantitative estimate of drug-likeness (QED) is 0.790. The van der Waals surface area contributed by atoms with E-state index in [1.54, 1.807) is 11.9 Å². The number of hydrogen-bond acceptors (Lipinski definition) is 3. The van der Waals surface area contributed by atoms with E-state index < -0.39 is 12.0 Å². The summed E-state index contributed by atoms with van der Waals surface area (Å²) in [7, 11) is 1.78. The predicted molar refractivity (Wildman–Crippen MR) is 65.0 cm³/mol. The standard InChI is InChI=1S/C12H16N2O3/c1-9(12(16)17)13-11(15)8-14(2)10-6-4-3-5-7-10/h3-7,9H,8H2,1-2H3,(H,13,15)(H,16,17). The second-order valence-electron chi connectivity index (χ2n) is 3.82. The largest absolute Gasteiger partial charge is 0.480 e. The molecule has 0 saturated carbocycles. The van der Waals surface area contributed by atoms with Crippen molar-refractivity contribution in [3.63, 3.8) is 0 Å². The van der Waals surface area contributed by atoms with Gasteiger partial charge in [-0.25, -0.2) is 0 Å². The van der Waals surface area contributed by atoms with Crippen LogP contribution in [0.15, 0.2) is 30.3 Å². The third-order valence-electron chi connectivity index (χ3n) is 2.33. The number of benzene rings is 1. The van der Waals surface area contributed by atoms with Gasteiger partial charge in [-0.15, -0.1) is 0 Å². The number of nitrogens with zero attached hydrogens (tertiary/aromatic N) is 1. The zero-order valence-electron chi connectivity index (χ0n) is 9.88. The Morgan fingerprint density at radius 3 is 2.47 bits per heavy atom. The second-order valence-corrected chi connectivity index (χ2v) is 3.82. The number of aliphatic carboxylic acids is 1. The molecular formula is C12H16N2O3. The van der Waals surface area contributed by atoms with Gasteiger partial charge >= 0.3 is 5.97 Å². The average molecular weight is 236 g/mol. The van der Waals surface area contributed by atoms with Crippen LogP contribution in [0.4, 0.5) is 5.69 Å². The molecule has 1 amide bonds. The summed E-state index contributed by atoms with van der Waals surface area (Å²) < 4.78 is 0. The van der Waals surface area contributed by atoms with Crippen LogP contribution in [0, 0.1) is 0 Å². The first-order chi connectivity index (χ1) is 8.00. The van der Waals surface area contributed by atoms with Crippen molar-refractivity contribution in [3.8, 4) is 0 Å². The van der Waals surface area contributed by atoms with E-state index in [-0.39, 0.29) is 12.5 Å². The number of carboxylic acids is 1. The lowest BCUT2D eigenvalue weighted by Crippen LogP contribution is -2.43. The summed E-state index contributed by atoms with van der Waals surface area (Å²) in [5.74, 6) is -1.35. The van der Waals surface area contributed by atoms with Crippen molar-refractivity contribution in [1.29, 1.82) is 0 Å². The number of anilines is 1. The van der Waals surface area contributed by atoms with E-state index in [9.17, 15) is 9.59 Å². The Morgan fingerprint density at radius 2 is 1.94 bits per heavy atom. The minimum absolute atomic E-state index is 0.127. The molecule has 1 atom stereocenters. The molecule has 0 aliphatic rings. The molecule has 0 aliphatic carbocycles. The summed E-state index contributed by atoms with van der Waals surface area (Å²) in [5.41, 5.74) is 0.908. The maximum atomic E-state index is 11.5. The molecule has 0 bridgehead atoms. The van der Waals surface area contributed by atoms with E-state index in [2.05, 4.69) is 5.32 Å². The first-order valence-corrected chi connectivity index (χ1v) is 5.29. The fraction of sp³-hybridized carbons (Fsp3) is 0.333. The van der Waals surface area contributed by atoms with E-state index in [4.69, 9.17) is 5.11 Å². The second kappa shape index (κ2) is 5.89. The number of carbonyl (C=O) groups excluding carboxylic acids is 1. The maximum absolute atomic E-state index is 11.5. The van der Waals surface area contributed by atoms with Gasteiger partial charge in [0.15, 0.2) is 0 Å². The van der Waals surface area contributed by atoms with Crippen LogP contribution < -0.4 is 10.2 Å². The molecule has 0 spiro atoms. The lowest BCUT2D eigenvalue weighted by molar-refractivity contribution is -0.141. The normalized spacial score (nSPS) is 11.6. The molecule has 17 heavy (non-hydrogen) atoms. The molecule has 5 nitrogen and oxygen atoms in total. The van der Waals surface area contributed by atoms with Gasteiger partial charge in [-0.2, -0.15) is 0 Å². The highest BCUT2D eigenvalue weighted by molar-refractivity contribution is 5.86. The van der Waals surface area contributed by atoms with Crippen molar-refractivity contribution in [3.05, 3.63) is 30.3 Å². The van der Waals surface area contributed by atoms with Crippen molar-refractivity contribution in [1.82, 2.24) is 5.32 Å². The smallest absolute Gasteiger partial charge is 0.325 e. The summed E-state index contributed by atoms with van der Waals surface area (Å²) >= 11 is 0. The van der Waals surface area contributed by atoms with Crippen molar-refractivity contribution in [2.24, 2.45) is 0 Å². The fourth-order valence-electron chi connectivity index (χ4n) is 1.34. The van der Waals surface area contributed by atoms with E-state index in [1.165, 1.54) is 6.92 Å². The van der Waals surface area contributed by atoms with Gasteiger partial charge < -0.3 is 15.3 Å². The van der Waals surface area contributed by atoms with Gasteiger partial charge in [0.25, 0.3) is 0 Å². The topological polar surface area (TPSA) is 69.6 Å². The Hall–Kier alpha value is -2.04. The SMILES string of the molecule is CC(NC(=O)CN(C)c1ccccc1)C(=O)O. The lowest BCUT2D eigenvalue weighted by atomic mass is 10.3. The minimum atomic E-state index is -1.04. The summed E-state index contributed by atoms with van der Waals surface area (Å²) in [4.78, 5) is 23.8. The van der Waals surface area contributed by atoms with Crippen molar-refractivity contribution >= 4 is 17.6 Å². The number of carboxylic acid groups (broad SMARTS) is 1. The molecule has 2 N–H and O–H groups in total. The highest BCUT2D eigenvalue weighted by atomic mass is 16.4. The number of carbonyl (C=O) groups is 2. The Labute approximate surface area is 100 Å². The van der Waals surface area contributed by atoms with Crippen LogP contribution >= 0.6 is 0 Å². The molecule has 1 rings (SSSR count). The van der Waals surface area contributed by atoms with Crippen LogP contribution in [-0.4, -0.2) is 36.6 Å². The number of rotatable bonds is 5. The molecule has 0 fully saturated rings. The maximum Gasteiger partial charge on any atom is 0.325 e. The Morgan fingerprint density at radius 1 is 1.35 bits per heavy atom. The zero-order chi connectivity index (χ0) is 12.8. The third-order valence-corrected chi connectivity index (χ3v) is 2.33. The lowest BCUT2D eigenvalue weighted by Gasteiger charge is -2.19. The summed E-state index contributed by atoms with van der Waals surface area (Å²) in [6, 6.07) is 8.55. The van der Waals surface area contributed by atoms with E-state index in [0.717, 1.165) is 5.69 Å². The molecule has 1 aromatic rings. The van der Waals surface area contributed by atoms with Crippen molar-refractivity contribution in [2.45, 2.75) is 13.0 Å². The summed E-state index contributed by atoms with van der Waals surface area (Å²) in [6.07, 6.45) is 0. The van der Waals surface area contributed by atoms with Gasteiger partial charge in [-0.1, -0.05) is 18.2 Å². The van der Waals surface area contributed by atoms with Crippen molar-refractivity contribution < 1.29 is 14.7 Å². The van der Waals surface area contributed by atoms with E-state index in [1.807, 2.05) is 30.3 Å². The summed E-state index contributed by atoms with van der Waals surface area (Å²) in [6.45, 7) is 1.56. The first kappa shape index (κ1) is 13.0. The number of hydrogen-bond donors (Lipinski definition) is 2. The molecule has 0 saturated heterocycles. The van der Waals surface area contributed by atoms with Crippen LogP contribution in [0.3, 0.4) is 0 Å². The van der Waals surface area contributed by atoms with Crippen LogP contribution in [-0.2, 0) is 9.59 Å². The van der Waals surface area contributed by atoms with E-state index >= 15 is 0 Å². The minimum Gasteiger partial charge on any atom is -0.480 e.